The first-order valence-corrected chi connectivity index (χ1v) is 10.7. The Morgan fingerprint density at radius 3 is 2.44 bits per heavy atom. The topological polar surface area (TPSA) is 49.4 Å². The Labute approximate surface area is 165 Å². The van der Waals surface area contributed by atoms with Gasteiger partial charge in [0.2, 0.25) is 11.8 Å². The zero-order valence-corrected chi connectivity index (χ0v) is 16.5. The van der Waals surface area contributed by atoms with Gasteiger partial charge in [0, 0.05) is 25.2 Å². The number of rotatable bonds is 8. The number of carbonyl (C=O) groups excluding carboxylic acids is 2. The summed E-state index contributed by atoms with van der Waals surface area (Å²) in [5, 5.41) is 2.91. The smallest absolute Gasteiger partial charge is 0.226 e. The van der Waals surface area contributed by atoms with Crippen molar-refractivity contribution in [2.45, 2.75) is 12.8 Å². The molecule has 0 spiro atoms. The first-order valence-electron chi connectivity index (χ1n) is 9.34. The van der Waals surface area contributed by atoms with E-state index < -0.39 is 0 Å². The van der Waals surface area contributed by atoms with E-state index >= 15 is 0 Å². The molecule has 1 fully saturated rings. The third-order valence-corrected chi connectivity index (χ3v) is 5.77. The van der Waals surface area contributed by atoms with Crippen LogP contribution < -0.4 is 5.32 Å². The van der Waals surface area contributed by atoms with Gasteiger partial charge >= 0.3 is 0 Å². The maximum atomic E-state index is 12.9. The standard InChI is InChI=1S/C22H26N2O2S/c1-27-16-18-15-24(13-12-17-8-4-2-5-9-17)22(26)20(18)14-21(25)23-19-10-6-3-7-11-19/h2-11,18,20H,12-16H2,1H3,(H,23,25)/t18-,20-/m1/s1. The number of likely N-dealkylation sites (tertiary alicyclic amines) is 1. The predicted molar refractivity (Wildman–Crippen MR) is 112 cm³/mol. The normalized spacial score (nSPS) is 19.3. The molecule has 1 heterocycles. The second-order valence-corrected chi connectivity index (χ2v) is 7.87. The van der Waals surface area contributed by atoms with Crippen molar-refractivity contribution in [3.8, 4) is 0 Å². The van der Waals surface area contributed by atoms with E-state index in [1.807, 2.05) is 53.4 Å². The molecule has 1 aliphatic rings. The van der Waals surface area contributed by atoms with Gasteiger partial charge in [-0.15, -0.1) is 0 Å². The molecule has 0 radical (unpaired) electrons. The van der Waals surface area contributed by atoms with Crippen LogP contribution in [0.1, 0.15) is 12.0 Å². The lowest BCUT2D eigenvalue weighted by Gasteiger charge is -2.16. The minimum absolute atomic E-state index is 0.0874. The number of para-hydroxylation sites is 1. The molecule has 3 rings (SSSR count). The molecule has 0 saturated carbocycles. The maximum absolute atomic E-state index is 12.9. The van der Waals surface area contributed by atoms with Crippen LogP contribution in [0, 0.1) is 11.8 Å². The second-order valence-electron chi connectivity index (χ2n) is 6.96. The van der Waals surface area contributed by atoms with E-state index in [4.69, 9.17) is 0 Å². The van der Waals surface area contributed by atoms with Crippen LogP contribution in [-0.2, 0) is 16.0 Å². The first kappa shape index (κ1) is 19.5. The number of benzene rings is 2. The largest absolute Gasteiger partial charge is 0.342 e. The van der Waals surface area contributed by atoms with E-state index in [-0.39, 0.29) is 30.1 Å². The van der Waals surface area contributed by atoms with Crippen molar-refractivity contribution in [1.82, 2.24) is 4.90 Å². The summed E-state index contributed by atoms with van der Waals surface area (Å²) >= 11 is 1.74. The Bertz CT molecular complexity index is 751. The summed E-state index contributed by atoms with van der Waals surface area (Å²) < 4.78 is 0. The molecule has 0 aromatic heterocycles. The van der Waals surface area contributed by atoms with Gasteiger partial charge in [0.15, 0.2) is 0 Å². The molecule has 2 aromatic carbocycles. The average molecular weight is 383 g/mol. The van der Waals surface area contributed by atoms with Gasteiger partial charge < -0.3 is 10.2 Å². The molecule has 2 atom stereocenters. The van der Waals surface area contributed by atoms with Crippen LogP contribution in [0.4, 0.5) is 5.69 Å². The molecule has 0 bridgehead atoms. The van der Waals surface area contributed by atoms with Gasteiger partial charge in [0.05, 0.1) is 5.92 Å². The maximum Gasteiger partial charge on any atom is 0.226 e. The Morgan fingerprint density at radius 2 is 1.78 bits per heavy atom. The van der Waals surface area contributed by atoms with Gasteiger partial charge in [-0.05, 0) is 42.0 Å². The summed E-state index contributed by atoms with van der Waals surface area (Å²) in [7, 11) is 0. The van der Waals surface area contributed by atoms with Gasteiger partial charge in [-0.3, -0.25) is 9.59 Å². The first-order chi connectivity index (χ1) is 13.2. The van der Waals surface area contributed by atoms with Crippen molar-refractivity contribution >= 4 is 29.3 Å². The zero-order valence-electron chi connectivity index (χ0n) is 15.6. The molecule has 27 heavy (non-hydrogen) atoms. The summed E-state index contributed by atoms with van der Waals surface area (Å²) in [6, 6.07) is 19.6. The van der Waals surface area contributed by atoms with E-state index in [1.165, 1.54) is 5.56 Å². The van der Waals surface area contributed by atoms with E-state index in [9.17, 15) is 9.59 Å². The number of thioether (sulfide) groups is 1. The van der Waals surface area contributed by atoms with Crippen LogP contribution in [0.3, 0.4) is 0 Å². The third-order valence-electron chi connectivity index (χ3n) is 5.01. The summed E-state index contributed by atoms with van der Waals surface area (Å²) in [4.78, 5) is 27.3. The lowest BCUT2D eigenvalue weighted by molar-refractivity contribution is -0.133. The lowest BCUT2D eigenvalue weighted by Crippen LogP contribution is -2.30. The summed E-state index contributed by atoms with van der Waals surface area (Å²) in [5.74, 6) is 0.933. The number of nitrogens with zero attached hydrogens (tertiary/aromatic N) is 1. The molecule has 1 N–H and O–H groups in total. The van der Waals surface area contributed by atoms with E-state index in [0.29, 0.717) is 6.54 Å². The molecule has 4 nitrogen and oxygen atoms in total. The molecule has 1 aliphatic heterocycles. The summed E-state index contributed by atoms with van der Waals surface area (Å²) in [5.41, 5.74) is 2.01. The average Bonchev–Trinajstić information content (AvgIpc) is 2.97. The van der Waals surface area contributed by atoms with Gasteiger partial charge in [0.1, 0.15) is 0 Å². The molecule has 1 saturated heterocycles. The van der Waals surface area contributed by atoms with Crippen LogP contribution in [0.25, 0.3) is 0 Å². The number of hydrogen-bond donors (Lipinski definition) is 1. The van der Waals surface area contributed by atoms with Crippen LogP contribution in [0.15, 0.2) is 60.7 Å². The molecule has 142 valence electrons. The summed E-state index contributed by atoms with van der Waals surface area (Å²) in [6.07, 6.45) is 3.15. The fraction of sp³-hybridized carbons (Fsp3) is 0.364. The fourth-order valence-electron chi connectivity index (χ4n) is 3.62. The number of nitrogens with one attached hydrogen (secondary N) is 1. The SMILES string of the molecule is CSC[C@H]1CN(CCc2ccccc2)C(=O)[C@@H]1CC(=O)Nc1ccccc1. The van der Waals surface area contributed by atoms with E-state index in [2.05, 4.69) is 23.7 Å². The second kappa shape index (κ2) is 9.60. The number of anilines is 1. The van der Waals surface area contributed by atoms with Gasteiger partial charge in [0.25, 0.3) is 0 Å². The fourth-order valence-corrected chi connectivity index (χ4v) is 4.38. The number of amides is 2. The van der Waals surface area contributed by atoms with Crippen LogP contribution in [0.5, 0.6) is 0 Å². The van der Waals surface area contributed by atoms with Crippen LogP contribution in [-0.4, -0.2) is 41.8 Å². The van der Waals surface area contributed by atoms with E-state index in [1.54, 1.807) is 11.8 Å². The van der Waals surface area contributed by atoms with Crippen molar-refractivity contribution in [2.75, 3.05) is 30.4 Å². The van der Waals surface area contributed by atoms with Gasteiger partial charge in [-0.25, -0.2) is 0 Å². The zero-order chi connectivity index (χ0) is 19.1. The highest BCUT2D eigenvalue weighted by molar-refractivity contribution is 7.98. The molecule has 0 aliphatic carbocycles. The molecule has 0 unspecified atom stereocenters. The van der Waals surface area contributed by atoms with E-state index in [0.717, 1.165) is 24.4 Å². The predicted octanol–water partition coefficient (Wildman–Crippen LogP) is 3.70. The number of hydrogen-bond acceptors (Lipinski definition) is 3. The number of carbonyl (C=O) groups is 2. The Kier molecular flexibility index (Phi) is 6.93. The van der Waals surface area contributed by atoms with Crippen molar-refractivity contribution in [1.29, 1.82) is 0 Å². The van der Waals surface area contributed by atoms with Crippen LogP contribution in [0.2, 0.25) is 0 Å². The minimum atomic E-state index is -0.225. The third kappa shape index (κ3) is 5.36. The highest BCUT2D eigenvalue weighted by Crippen LogP contribution is 2.30. The highest BCUT2D eigenvalue weighted by Gasteiger charge is 2.40. The van der Waals surface area contributed by atoms with Gasteiger partial charge in [-0.2, -0.15) is 11.8 Å². The van der Waals surface area contributed by atoms with Crippen molar-refractivity contribution in [2.24, 2.45) is 11.8 Å². The molecular formula is C22H26N2O2S. The van der Waals surface area contributed by atoms with Crippen LogP contribution >= 0.6 is 11.8 Å². The highest BCUT2D eigenvalue weighted by atomic mass is 32.2. The lowest BCUT2D eigenvalue weighted by atomic mass is 9.93. The van der Waals surface area contributed by atoms with Crippen molar-refractivity contribution in [3.05, 3.63) is 66.2 Å². The molecule has 2 amide bonds. The van der Waals surface area contributed by atoms with Crippen molar-refractivity contribution < 1.29 is 9.59 Å². The van der Waals surface area contributed by atoms with Gasteiger partial charge in [-0.1, -0.05) is 48.5 Å². The minimum Gasteiger partial charge on any atom is -0.342 e. The quantitative estimate of drug-likeness (QED) is 0.757. The molecule has 5 heteroatoms. The Balaban J connectivity index is 1.60. The Morgan fingerprint density at radius 1 is 1.11 bits per heavy atom. The molecular weight excluding hydrogens is 356 g/mol. The van der Waals surface area contributed by atoms with Crippen molar-refractivity contribution in [3.63, 3.8) is 0 Å². The summed E-state index contributed by atoms with van der Waals surface area (Å²) in [6.45, 7) is 1.46. The Hall–Kier alpha value is -2.27. The molecule has 2 aromatic rings. The monoisotopic (exact) mass is 382 g/mol.